The molecule has 0 aliphatic heterocycles. The van der Waals surface area contributed by atoms with Crippen LogP contribution in [0.5, 0.6) is 0 Å². The first kappa shape index (κ1) is 19.3. The molecule has 1 aromatic carbocycles. The SMILES string of the molecule is CC(C)N=C(NC(=O)c1ccc(F)c(F)c1)Nc1cc(C(F)(F)F)[nH]n1. The molecule has 0 atom stereocenters. The van der Waals surface area contributed by atoms with Crippen molar-refractivity contribution in [3.8, 4) is 0 Å². The summed E-state index contributed by atoms with van der Waals surface area (Å²) in [5.74, 6) is -3.60. The number of hydrogen-bond acceptors (Lipinski definition) is 3. The third-order valence-corrected chi connectivity index (χ3v) is 2.93. The van der Waals surface area contributed by atoms with Gasteiger partial charge in [0.05, 0.1) is 0 Å². The van der Waals surface area contributed by atoms with Gasteiger partial charge in [-0.15, -0.1) is 0 Å². The second-order valence-electron chi connectivity index (χ2n) is 5.44. The van der Waals surface area contributed by atoms with E-state index in [-0.39, 0.29) is 23.4 Å². The highest BCUT2D eigenvalue weighted by atomic mass is 19.4. The Labute approximate surface area is 144 Å². The van der Waals surface area contributed by atoms with Crippen LogP contribution >= 0.6 is 0 Å². The van der Waals surface area contributed by atoms with Gasteiger partial charge in [0.25, 0.3) is 5.91 Å². The number of H-pyrrole nitrogens is 1. The van der Waals surface area contributed by atoms with Crippen molar-refractivity contribution in [1.29, 1.82) is 0 Å². The lowest BCUT2D eigenvalue weighted by molar-refractivity contribution is -0.141. The molecule has 0 fully saturated rings. The molecule has 0 unspecified atom stereocenters. The fraction of sp³-hybridized carbons (Fsp3) is 0.267. The lowest BCUT2D eigenvalue weighted by Crippen LogP contribution is -2.37. The average Bonchev–Trinajstić information content (AvgIpc) is 2.98. The van der Waals surface area contributed by atoms with Crippen LogP contribution in [-0.4, -0.2) is 28.1 Å². The number of rotatable bonds is 3. The zero-order chi connectivity index (χ0) is 19.5. The summed E-state index contributed by atoms with van der Waals surface area (Å²) in [6, 6.07) is 2.88. The second-order valence-corrected chi connectivity index (χ2v) is 5.44. The number of carbonyl (C=O) groups is 1. The number of hydrogen-bond donors (Lipinski definition) is 3. The molecular formula is C15H14F5N5O. The minimum Gasteiger partial charge on any atom is -0.309 e. The molecule has 3 N–H and O–H groups in total. The van der Waals surface area contributed by atoms with Gasteiger partial charge in [0.1, 0.15) is 5.69 Å². The Morgan fingerprint density at radius 3 is 2.42 bits per heavy atom. The molecule has 140 valence electrons. The van der Waals surface area contributed by atoms with Crippen molar-refractivity contribution < 1.29 is 26.7 Å². The summed E-state index contributed by atoms with van der Waals surface area (Å²) in [5, 5.41) is 9.97. The van der Waals surface area contributed by atoms with E-state index < -0.39 is 29.4 Å². The summed E-state index contributed by atoms with van der Waals surface area (Å²) in [4.78, 5) is 16.1. The Balaban J connectivity index is 2.18. The third kappa shape index (κ3) is 5.01. The molecule has 0 bridgehead atoms. The maximum atomic E-state index is 13.2. The molecule has 0 saturated carbocycles. The van der Waals surface area contributed by atoms with Gasteiger partial charge >= 0.3 is 6.18 Å². The first-order valence-corrected chi connectivity index (χ1v) is 7.30. The summed E-state index contributed by atoms with van der Waals surface area (Å²) in [6.45, 7) is 3.33. The van der Waals surface area contributed by atoms with Crippen LogP contribution in [0.15, 0.2) is 29.3 Å². The third-order valence-electron chi connectivity index (χ3n) is 2.93. The molecule has 26 heavy (non-hydrogen) atoms. The lowest BCUT2D eigenvalue weighted by atomic mass is 10.2. The lowest BCUT2D eigenvalue weighted by Gasteiger charge is -2.11. The van der Waals surface area contributed by atoms with E-state index in [1.807, 2.05) is 0 Å². The average molecular weight is 375 g/mol. The quantitative estimate of drug-likeness (QED) is 0.437. The van der Waals surface area contributed by atoms with E-state index in [0.29, 0.717) is 12.1 Å². The maximum absolute atomic E-state index is 13.2. The van der Waals surface area contributed by atoms with Gasteiger partial charge in [0.2, 0.25) is 5.96 Å². The summed E-state index contributed by atoms with van der Waals surface area (Å²) in [6.07, 6.45) is -4.61. The van der Waals surface area contributed by atoms with Crippen LogP contribution in [0, 0.1) is 11.6 Å². The molecule has 6 nitrogen and oxygen atoms in total. The predicted octanol–water partition coefficient (Wildman–Crippen LogP) is 3.31. The van der Waals surface area contributed by atoms with Gasteiger partial charge in [-0.1, -0.05) is 0 Å². The van der Waals surface area contributed by atoms with Gasteiger partial charge in [0.15, 0.2) is 17.5 Å². The molecule has 1 heterocycles. The maximum Gasteiger partial charge on any atom is 0.432 e. The highest BCUT2D eigenvalue weighted by molar-refractivity contribution is 6.09. The molecule has 11 heteroatoms. The van der Waals surface area contributed by atoms with Crippen molar-refractivity contribution in [1.82, 2.24) is 15.5 Å². The van der Waals surface area contributed by atoms with Crippen LogP contribution in [0.4, 0.5) is 27.8 Å². The van der Waals surface area contributed by atoms with E-state index in [9.17, 15) is 26.7 Å². The van der Waals surface area contributed by atoms with E-state index in [0.717, 1.165) is 12.1 Å². The summed E-state index contributed by atoms with van der Waals surface area (Å²) in [7, 11) is 0. The number of aromatic nitrogens is 2. The van der Waals surface area contributed by atoms with E-state index in [1.54, 1.807) is 18.9 Å². The number of aromatic amines is 1. The van der Waals surface area contributed by atoms with Crippen LogP contribution < -0.4 is 10.6 Å². The molecule has 0 spiro atoms. The van der Waals surface area contributed by atoms with Gasteiger partial charge in [-0.05, 0) is 32.0 Å². The Morgan fingerprint density at radius 1 is 1.19 bits per heavy atom. The smallest absolute Gasteiger partial charge is 0.309 e. The largest absolute Gasteiger partial charge is 0.432 e. The number of aliphatic imine (C=N–C) groups is 1. The topological polar surface area (TPSA) is 82.2 Å². The summed E-state index contributed by atoms with van der Waals surface area (Å²) < 4.78 is 63.9. The molecule has 0 radical (unpaired) electrons. The van der Waals surface area contributed by atoms with Gasteiger partial charge in [-0.2, -0.15) is 18.3 Å². The van der Waals surface area contributed by atoms with Crippen LogP contribution in [0.2, 0.25) is 0 Å². The molecule has 2 aromatic rings. The van der Waals surface area contributed by atoms with Crippen molar-refractivity contribution in [2.24, 2.45) is 4.99 Å². The Hall–Kier alpha value is -2.98. The van der Waals surface area contributed by atoms with Crippen molar-refractivity contribution in [2.45, 2.75) is 26.1 Å². The first-order valence-electron chi connectivity index (χ1n) is 7.30. The van der Waals surface area contributed by atoms with Crippen LogP contribution in [-0.2, 0) is 6.18 Å². The van der Waals surface area contributed by atoms with E-state index in [4.69, 9.17) is 0 Å². The van der Waals surface area contributed by atoms with Crippen molar-refractivity contribution in [3.05, 3.63) is 47.2 Å². The number of halogens is 5. The number of guanidine groups is 1. The number of amides is 1. The Kier molecular flexibility index (Phi) is 5.58. The molecule has 2 rings (SSSR count). The van der Waals surface area contributed by atoms with E-state index in [1.165, 1.54) is 0 Å². The Morgan fingerprint density at radius 2 is 1.88 bits per heavy atom. The standard InChI is InChI=1S/C15H14F5N5O/c1-7(2)21-14(22-12-6-11(24-25-12)15(18,19)20)23-13(26)8-3-4-9(16)10(17)5-8/h3-7H,1-2H3,(H3,21,22,23,24,25,26). The zero-order valence-corrected chi connectivity index (χ0v) is 13.6. The number of alkyl halides is 3. The fourth-order valence-electron chi connectivity index (χ4n) is 1.82. The zero-order valence-electron chi connectivity index (χ0n) is 13.6. The highest BCUT2D eigenvalue weighted by Crippen LogP contribution is 2.28. The number of carbonyl (C=O) groups excluding carboxylic acids is 1. The number of nitrogens with zero attached hydrogens (tertiary/aromatic N) is 2. The van der Waals surface area contributed by atoms with Gasteiger partial charge < -0.3 is 5.32 Å². The number of nitrogens with one attached hydrogen (secondary N) is 3. The van der Waals surface area contributed by atoms with Crippen LogP contribution in [0.25, 0.3) is 0 Å². The van der Waals surface area contributed by atoms with E-state index in [2.05, 4.69) is 20.7 Å². The van der Waals surface area contributed by atoms with Crippen LogP contribution in [0.3, 0.4) is 0 Å². The summed E-state index contributed by atoms with van der Waals surface area (Å²) in [5.41, 5.74) is -1.28. The van der Waals surface area contributed by atoms with Crippen molar-refractivity contribution in [3.63, 3.8) is 0 Å². The highest BCUT2D eigenvalue weighted by Gasteiger charge is 2.33. The van der Waals surface area contributed by atoms with Crippen molar-refractivity contribution in [2.75, 3.05) is 5.32 Å². The van der Waals surface area contributed by atoms with Crippen LogP contribution in [0.1, 0.15) is 29.9 Å². The molecule has 1 aromatic heterocycles. The predicted molar refractivity (Wildman–Crippen MR) is 83.6 cm³/mol. The number of anilines is 1. The number of benzene rings is 1. The van der Waals surface area contributed by atoms with Gasteiger partial charge in [0, 0.05) is 17.7 Å². The molecule has 0 aliphatic carbocycles. The first-order chi connectivity index (χ1) is 12.1. The van der Waals surface area contributed by atoms with E-state index >= 15 is 0 Å². The molecule has 0 aliphatic rings. The second kappa shape index (κ2) is 7.50. The minimum atomic E-state index is -4.61. The monoisotopic (exact) mass is 375 g/mol. The molecular weight excluding hydrogens is 361 g/mol. The Bertz CT molecular complexity index is 828. The van der Waals surface area contributed by atoms with Crippen molar-refractivity contribution >= 4 is 17.7 Å². The molecule has 1 amide bonds. The fourth-order valence-corrected chi connectivity index (χ4v) is 1.82. The normalized spacial score (nSPS) is 12.4. The van der Waals surface area contributed by atoms with Gasteiger partial charge in [-0.3, -0.25) is 15.2 Å². The minimum absolute atomic E-state index is 0.194. The summed E-state index contributed by atoms with van der Waals surface area (Å²) >= 11 is 0. The molecule has 0 saturated heterocycles. The van der Waals surface area contributed by atoms with Gasteiger partial charge in [-0.25, -0.2) is 13.8 Å².